The Balaban J connectivity index is 1.83. The van der Waals surface area contributed by atoms with Crippen molar-refractivity contribution in [1.82, 2.24) is 4.90 Å². The third-order valence-electron chi connectivity index (χ3n) is 5.05. The van der Waals surface area contributed by atoms with E-state index in [4.69, 9.17) is 18.9 Å². The number of methoxy groups -OCH3 is 3. The van der Waals surface area contributed by atoms with Crippen LogP contribution in [0.5, 0.6) is 17.2 Å². The first-order chi connectivity index (χ1) is 14.1. The monoisotopic (exact) mass is 401 g/mol. The van der Waals surface area contributed by atoms with Gasteiger partial charge >= 0.3 is 0 Å². The molecule has 0 unspecified atom stereocenters. The molecule has 0 aromatic heterocycles. The first kappa shape index (κ1) is 21.0. The van der Waals surface area contributed by atoms with Crippen LogP contribution in [-0.2, 0) is 24.1 Å². The first-order valence-electron chi connectivity index (χ1n) is 9.50. The second kappa shape index (κ2) is 9.62. The van der Waals surface area contributed by atoms with Gasteiger partial charge in [0.1, 0.15) is 17.2 Å². The van der Waals surface area contributed by atoms with Crippen molar-refractivity contribution < 1.29 is 28.8 Å². The number of ether oxygens (including phenoxy) is 4. The molecule has 1 aliphatic heterocycles. The van der Waals surface area contributed by atoms with Crippen LogP contribution in [-0.4, -0.2) is 57.2 Å². The summed E-state index contributed by atoms with van der Waals surface area (Å²) in [5, 5.41) is 9.46. The first-order valence-corrected chi connectivity index (χ1v) is 9.50. The average Bonchev–Trinajstić information content (AvgIpc) is 3.07. The Hall–Kier alpha value is -2.77. The number of rotatable bonds is 10. The molecule has 0 fully saturated rings. The van der Waals surface area contributed by atoms with Crippen molar-refractivity contribution in [2.24, 2.45) is 0 Å². The van der Waals surface area contributed by atoms with Gasteiger partial charge in [0.15, 0.2) is 6.79 Å². The molecule has 1 N–H and O–H groups in total. The van der Waals surface area contributed by atoms with Gasteiger partial charge < -0.3 is 29.0 Å². The highest BCUT2D eigenvalue weighted by molar-refractivity contribution is 6.00. The number of hydrogen-bond acceptors (Lipinski definition) is 6. The molecule has 0 spiro atoms. The molecule has 29 heavy (non-hydrogen) atoms. The topological polar surface area (TPSA) is 77.5 Å². The summed E-state index contributed by atoms with van der Waals surface area (Å²) in [6.07, 6.45) is 1.11. The summed E-state index contributed by atoms with van der Waals surface area (Å²) < 4.78 is 21.5. The summed E-state index contributed by atoms with van der Waals surface area (Å²) in [6.45, 7) is 1.04. The molecule has 0 aliphatic carbocycles. The molecule has 0 saturated carbocycles. The van der Waals surface area contributed by atoms with E-state index in [-0.39, 0.29) is 19.3 Å². The molecule has 2 aromatic carbocycles. The lowest BCUT2D eigenvalue weighted by Crippen LogP contribution is -2.26. The number of aliphatic hydroxyl groups excluding tert-OH is 1. The Bertz CT molecular complexity index is 849. The highest BCUT2D eigenvalue weighted by Crippen LogP contribution is 2.40. The molecule has 3 rings (SSSR count). The van der Waals surface area contributed by atoms with Gasteiger partial charge in [0.2, 0.25) is 0 Å². The fourth-order valence-corrected chi connectivity index (χ4v) is 3.56. The van der Waals surface area contributed by atoms with E-state index in [0.717, 1.165) is 28.9 Å². The maximum atomic E-state index is 13.0. The minimum absolute atomic E-state index is 0.0480. The lowest BCUT2D eigenvalue weighted by molar-refractivity contribution is 0.0491. The Morgan fingerprint density at radius 2 is 1.83 bits per heavy atom. The molecule has 7 nitrogen and oxygen atoms in total. The quantitative estimate of drug-likeness (QED) is 0.616. The molecule has 0 bridgehead atoms. The Morgan fingerprint density at radius 1 is 1.07 bits per heavy atom. The van der Waals surface area contributed by atoms with Gasteiger partial charge in [-0.3, -0.25) is 4.79 Å². The van der Waals surface area contributed by atoms with Gasteiger partial charge in [-0.2, -0.15) is 0 Å². The van der Waals surface area contributed by atoms with Crippen LogP contribution in [0, 0.1) is 0 Å². The van der Waals surface area contributed by atoms with E-state index >= 15 is 0 Å². The van der Waals surface area contributed by atoms with E-state index in [2.05, 4.69) is 0 Å². The molecular weight excluding hydrogens is 374 g/mol. The van der Waals surface area contributed by atoms with Crippen LogP contribution in [0.2, 0.25) is 0 Å². The fraction of sp³-hybridized carbons (Fsp3) is 0.409. The smallest absolute Gasteiger partial charge is 0.254 e. The van der Waals surface area contributed by atoms with Gasteiger partial charge in [0.25, 0.3) is 5.91 Å². The molecule has 156 valence electrons. The molecule has 7 heteroatoms. The van der Waals surface area contributed by atoms with Crippen LogP contribution in [0.15, 0.2) is 30.3 Å². The minimum atomic E-state index is -0.0513. The van der Waals surface area contributed by atoms with E-state index in [9.17, 15) is 9.90 Å². The zero-order valence-electron chi connectivity index (χ0n) is 17.1. The van der Waals surface area contributed by atoms with E-state index in [0.29, 0.717) is 36.6 Å². The molecule has 0 radical (unpaired) electrons. The lowest BCUT2D eigenvalue weighted by atomic mass is 10.0. The van der Waals surface area contributed by atoms with Crippen molar-refractivity contribution in [3.63, 3.8) is 0 Å². The lowest BCUT2D eigenvalue weighted by Gasteiger charge is -2.18. The van der Waals surface area contributed by atoms with Crippen LogP contribution >= 0.6 is 0 Å². The van der Waals surface area contributed by atoms with Crippen molar-refractivity contribution in [1.29, 1.82) is 0 Å². The molecule has 0 saturated heterocycles. The normalized spacial score (nSPS) is 12.8. The van der Waals surface area contributed by atoms with Gasteiger partial charge in [0.05, 0.1) is 26.3 Å². The second-order valence-corrected chi connectivity index (χ2v) is 6.76. The predicted octanol–water partition coefficient (Wildman–Crippen LogP) is 2.42. The van der Waals surface area contributed by atoms with Crippen molar-refractivity contribution in [3.8, 4) is 17.2 Å². The number of aliphatic hydroxyl groups is 1. The number of nitrogens with zero attached hydrogens (tertiary/aromatic N) is 1. The van der Waals surface area contributed by atoms with Crippen molar-refractivity contribution in [2.75, 3.05) is 41.3 Å². The van der Waals surface area contributed by atoms with Gasteiger partial charge in [-0.25, -0.2) is 0 Å². The molecular formula is C22H27NO6. The Kier molecular flexibility index (Phi) is 6.95. The number of carbonyl (C=O) groups excluding carboxylic acids is 1. The minimum Gasteiger partial charge on any atom is -0.497 e. The molecule has 0 atom stereocenters. The third-order valence-corrected chi connectivity index (χ3v) is 5.05. The van der Waals surface area contributed by atoms with Crippen molar-refractivity contribution in [2.45, 2.75) is 19.4 Å². The predicted molar refractivity (Wildman–Crippen MR) is 108 cm³/mol. The molecule has 1 aliphatic rings. The van der Waals surface area contributed by atoms with Crippen LogP contribution in [0.4, 0.5) is 0 Å². The number of benzene rings is 2. The highest BCUT2D eigenvalue weighted by atomic mass is 16.7. The van der Waals surface area contributed by atoms with E-state index in [1.54, 1.807) is 32.3 Å². The summed E-state index contributed by atoms with van der Waals surface area (Å²) in [7, 11) is 4.72. The van der Waals surface area contributed by atoms with E-state index in [1.165, 1.54) is 0 Å². The van der Waals surface area contributed by atoms with Crippen LogP contribution < -0.4 is 14.2 Å². The number of amides is 1. The maximum absolute atomic E-state index is 13.0. The third kappa shape index (κ3) is 4.46. The van der Waals surface area contributed by atoms with E-state index in [1.807, 2.05) is 24.3 Å². The van der Waals surface area contributed by atoms with Crippen LogP contribution in [0.1, 0.15) is 27.0 Å². The van der Waals surface area contributed by atoms with Gasteiger partial charge in [-0.15, -0.1) is 0 Å². The van der Waals surface area contributed by atoms with Gasteiger partial charge in [-0.1, -0.05) is 12.1 Å². The molecule has 1 amide bonds. The van der Waals surface area contributed by atoms with Crippen molar-refractivity contribution in [3.05, 3.63) is 52.6 Å². The average molecular weight is 401 g/mol. The van der Waals surface area contributed by atoms with Gasteiger partial charge in [0, 0.05) is 37.8 Å². The summed E-state index contributed by atoms with van der Waals surface area (Å²) in [5.74, 6) is 1.86. The summed E-state index contributed by atoms with van der Waals surface area (Å²) in [4.78, 5) is 14.8. The number of fused-ring (bicyclic) bond motifs is 1. The molecule has 1 heterocycles. The SMILES string of the molecule is COCOc1c(CCO)c(OC)cc2c1CN(CCc1ccc(OC)cc1)C2=O. The number of carbonyl (C=O) groups is 1. The second-order valence-electron chi connectivity index (χ2n) is 6.76. The Labute approximate surface area is 170 Å². The van der Waals surface area contributed by atoms with Gasteiger partial charge in [-0.05, 0) is 30.2 Å². The highest BCUT2D eigenvalue weighted by Gasteiger charge is 2.33. The maximum Gasteiger partial charge on any atom is 0.254 e. The Morgan fingerprint density at radius 3 is 2.45 bits per heavy atom. The zero-order chi connectivity index (χ0) is 20.8. The van der Waals surface area contributed by atoms with Crippen LogP contribution in [0.3, 0.4) is 0 Å². The van der Waals surface area contributed by atoms with Crippen LogP contribution in [0.25, 0.3) is 0 Å². The van der Waals surface area contributed by atoms with E-state index < -0.39 is 0 Å². The summed E-state index contributed by atoms with van der Waals surface area (Å²) in [6, 6.07) is 9.58. The largest absolute Gasteiger partial charge is 0.497 e. The van der Waals surface area contributed by atoms with Crippen molar-refractivity contribution >= 4 is 5.91 Å². The summed E-state index contributed by atoms with van der Waals surface area (Å²) in [5.41, 5.74) is 3.26. The fourth-order valence-electron chi connectivity index (χ4n) is 3.56. The number of hydrogen-bond donors (Lipinski definition) is 1. The standard InChI is InChI=1S/C22H27NO6/c1-26-14-29-21-17(9-11-24)20(28-3)12-18-19(21)13-23(22(18)25)10-8-15-4-6-16(27-2)7-5-15/h4-7,12,24H,8-11,13-14H2,1-3H3. The molecule has 2 aromatic rings. The summed E-state index contributed by atoms with van der Waals surface area (Å²) >= 11 is 0. The zero-order valence-corrected chi connectivity index (χ0v) is 17.1.